The molecule has 0 bridgehead atoms. The molecule has 108 valence electrons. The summed E-state index contributed by atoms with van der Waals surface area (Å²) in [6.45, 7) is 4.90. The fourth-order valence-corrected chi connectivity index (χ4v) is 2.35. The molecule has 1 aromatic carbocycles. The zero-order chi connectivity index (χ0) is 14.7. The predicted molar refractivity (Wildman–Crippen MR) is 77.0 cm³/mol. The molecule has 1 aliphatic carbocycles. The molecule has 0 atom stereocenters. The van der Waals surface area contributed by atoms with Gasteiger partial charge in [0, 0.05) is 19.1 Å². The molecule has 2 rings (SSSR count). The van der Waals surface area contributed by atoms with Crippen molar-refractivity contribution in [3.05, 3.63) is 33.9 Å². The standard InChI is InChI=1S/C14H19N3O3/c1-3-15-12-7-5-6-11(13(12)17(19)20)14(18)16(4-2)10-8-9-10/h5-7,10,15H,3-4,8-9H2,1-2H3. The van der Waals surface area contributed by atoms with Crippen LogP contribution in [0.2, 0.25) is 0 Å². The fourth-order valence-electron chi connectivity index (χ4n) is 2.35. The van der Waals surface area contributed by atoms with Crippen molar-refractivity contribution in [2.45, 2.75) is 32.7 Å². The quantitative estimate of drug-likeness (QED) is 0.640. The number of rotatable bonds is 6. The highest BCUT2D eigenvalue weighted by Crippen LogP contribution is 2.33. The van der Waals surface area contributed by atoms with Gasteiger partial charge in [0.25, 0.3) is 5.91 Å². The van der Waals surface area contributed by atoms with Crippen LogP contribution in [0.3, 0.4) is 0 Å². The van der Waals surface area contributed by atoms with Crippen LogP contribution in [-0.4, -0.2) is 34.9 Å². The van der Waals surface area contributed by atoms with Gasteiger partial charge >= 0.3 is 5.69 Å². The van der Waals surface area contributed by atoms with Crippen LogP contribution in [0.4, 0.5) is 11.4 Å². The van der Waals surface area contributed by atoms with Gasteiger partial charge in [-0.3, -0.25) is 14.9 Å². The number of hydrogen-bond donors (Lipinski definition) is 1. The first-order valence-corrected chi connectivity index (χ1v) is 6.92. The highest BCUT2D eigenvalue weighted by Gasteiger charge is 2.35. The van der Waals surface area contributed by atoms with Crippen LogP contribution in [0.1, 0.15) is 37.0 Å². The third kappa shape index (κ3) is 2.74. The zero-order valence-electron chi connectivity index (χ0n) is 11.8. The summed E-state index contributed by atoms with van der Waals surface area (Å²) in [7, 11) is 0. The van der Waals surface area contributed by atoms with Gasteiger partial charge in [0.15, 0.2) is 0 Å². The number of carbonyl (C=O) groups excluding carboxylic acids is 1. The van der Waals surface area contributed by atoms with Crippen molar-refractivity contribution in [1.82, 2.24) is 4.90 Å². The van der Waals surface area contributed by atoms with E-state index in [-0.39, 0.29) is 23.2 Å². The van der Waals surface area contributed by atoms with E-state index in [0.717, 1.165) is 12.8 Å². The second-order valence-electron chi connectivity index (χ2n) is 4.81. The third-order valence-corrected chi connectivity index (χ3v) is 3.41. The minimum atomic E-state index is -0.480. The number of nitrogens with one attached hydrogen (secondary N) is 1. The topological polar surface area (TPSA) is 75.5 Å². The van der Waals surface area contributed by atoms with E-state index in [1.807, 2.05) is 13.8 Å². The highest BCUT2D eigenvalue weighted by molar-refractivity contribution is 6.00. The molecule has 1 fully saturated rings. The lowest BCUT2D eigenvalue weighted by Crippen LogP contribution is -2.33. The van der Waals surface area contributed by atoms with Crippen molar-refractivity contribution in [3.63, 3.8) is 0 Å². The van der Waals surface area contributed by atoms with E-state index < -0.39 is 4.92 Å². The normalized spacial score (nSPS) is 13.9. The van der Waals surface area contributed by atoms with Gasteiger partial charge in [-0.2, -0.15) is 0 Å². The summed E-state index contributed by atoms with van der Waals surface area (Å²) in [5, 5.41) is 14.3. The molecule has 6 nitrogen and oxygen atoms in total. The average molecular weight is 277 g/mol. The number of carbonyl (C=O) groups is 1. The minimum Gasteiger partial charge on any atom is -0.380 e. The molecular weight excluding hydrogens is 258 g/mol. The lowest BCUT2D eigenvalue weighted by Gasteiger charge is -2.20. The smallest absolute Gasteiger partial charge is 0.305 e. The molecule has 0 unspecified atom stereocenters. The molecule has 0 heterocycles. The summed E-state index contributed by atoms with van der Waals surface area (Å²) in [5.74, 6) is -0.249. The van der Waals surface area contributed by atoms with E-state index in [1.54, 1.807) is 17.0 Å². The lowest BCUT2D eigenvalue weighted by molar-refractivity contribution is -0.384. The Hall–Kier alpha value is -2.11. The van der Waals surface area contributed by atoms with Crippen LogP contribution in [0.25, 0.3) is 0 Å². The molecule has 1 aromatic rings. The van der Waals surface area contributed by atoms with Crippen molar-refractivity contribution in [3.8, 4) is 0 Å². The third-order valence-electron chi connectivity index (χ3n) is 3.41. The van der Waals surface area contributed by atoms with E-state index in [0.29, 0.717) is 18.8 Å². The number of benzene rings is 1. The van der Waals surface area contributed by atoms with E-state index in [2.05, 4.69) is 5.32 Å². The van der Waals surface area contributed by atoms with E-state index in [1.165, 1.54) is 6.07 Å². The van der Waals surface area contributed by atoms with Gasteiger partial charge in [0.2, 0.25) is 0 Å². The maximum absolute atomic E-state index is 12.5. The number of nitrogens with zero attached hydrogens (tertiary/aromatic N) is 2. The van der Waals surface area contributed by atoms with Gasteiger partial charge in [0.05, 0.1) is 4.92 Å². The van der Waals surface area contributed by atoms with Crippen molar-refractivity contribution < 1.29 is 9.72 Å². The molecule has 1 aliphatic rings. The maximum Gasteiger partial charge on any atom is 0.305 e. The largest absolute Gasteiger partial charge is 0.380 e. The Morgan fingerprint density at radius 2 is 2.15 bits per heavy atom. The molecule has 20 heavy (non-hydrogen) atoms. The summed E-state index contributed by atoms with van der Waals surface area (Å²) in [6.07, 6.45) is 1.97. The summed E-state index contributed by atoms with van der Waals surface area (Å²) in [6, 6.07) is 5.09. The van der Waals surface area contributed by atoms with Gasteiger partial charge in [0.1, 0.15) is 11.3 Å². The van der Waals surface area contributed by atoms with Crippen LogP contribution >= 0.6 is 0 Å². The number of para-hydroxylation sites is 1. The molecule has 0 aliphatic heterocycles. The molecule has 1 saturated carbocycles. The molecular formula is C14H19N3O3. The van der Waals surface area contributed by atoms with E-state index in [9.17, 15) is 14.9 Å². The van der Waals surface area contributed by atoms with Crippen molar-refractivity contribution >= 4 is 17.3 Å². The van der Waals surface area contributed by atoms with Gasteiger partial charge in [-0.1, -0.05) is 6.07 Å². The SMILES string of the molecule is CCNc1cccc(C(=O)N(CC)C2CC2)c1[N+](=O)[O-]. The van der Waals surface area contributed by atoms with Crippen molar-refractivity contribution in [1.29, 1.82) is 0 Å². The number of amides is 1. The van der Waals surface area contributed by atoms with Crippen LogP contribution in [0.5, 0.6) is 0 Å². The average Bonchev–Trinajstić information content (AvgIpc) is 3.24. The summed E-state index contributed by atoms with van der Waals surface area (Å²) in [4.78, 5) is 25.1. The summed E-state index contributed by atoms with van der Waals surface area (Å²) in [5.41, 5.74) is 0.441. The molecule has 0 radical (unpaired) electrons. The molecule has 1 amide bonds. The van der Waals surface area contributed by atoms with Gasteiger partial charge < -0.3 is 10.2 Å². The molecule has 6 heteroatoms. The predicted octanol–water partition coefficient (Wildman–Crippen LogP) is 2.65. The Kier molecular flexibility index (Phi) is 4.22. The summed E-state index contributed by atoms with van der Waals surface area (Å²) < 4.78 is 0. The van der Waals surface area contributed by atoms with E-state index in [4.69, 9.17) is 0 Å². The van der Waals surface area contributed by atoms with Crippen molar-refractivity contribution in [2.75, 3.05) is 18.4 Å². The van der Waals surface area contributed by atoms with Gasteiger partial charge in [-0.25, -0.2) is 0 Å². The number of anilines is 1. The fraction of sp³-hybridized carbons (Fsp3) is 0.500. The maximum atomic E-state index is 12.5. The molecule has 0 saturated heterocycles. The Labute approximate surface area is 117 Å². The van der Waals surface area contributed by atoms with Crippen LogP contribution in [-0.2, 0) is 0 Å². The van der Waals surface area contributed by atoms with Gasteiger partial charge in [-0.05, 0) is 38.8 Å². The minimum absolute atomic E-state index is 0.126. The van der Waals surface area contributed by atoms with E-state index >= 15 is 0 Å². The molecule has 0 aromatic heterocycles. The number of nitro benzene ring substituents is 1. The molecule has 0 spiro atoms. The van der Waals surface area contributed by atoms with Crippen LogP contribution < -0.4 is 5.32 Å². The lowest BCUT2D eigenvalue weighted by atomic mass is 10.1. The monoisotopic (exact) mass is 277 g/mol. The Morgan fingerprint density at radius 1 is 1.45 bits per heavy atom. The summed E-state index contributed by atoms with van der Waals surface area (Å²) >= 11 is 0. The molecule has 1 N–H and O–H groups in total. The Bertz CT molecular complexity index is 526. The van der Waals surface area contributed by atoms with Crippen LogP contribution in [0.15, 0.2) is 18.2 Å². The van der Waals surface area contributed by atoms with Gasteiger partial charge in [-0.15, -0.1) is 0 Å². The zero-order valence-corrected chi connectivity index (χ0v) is 11.8. The number of hydrogen-bond acceptors (Lipinski definition) is 4. The second kappa shape index (κ2) is 5.90. The first-order valence-electron chi connectivity index (χ1n) is 6.92. The van der Waals surface area contributed by atoms with Crippen LogP contribution in [0, 0.1) is 10.1 Å². The first-order chi connectivity index (χ1) is 9.60. The first kappa shape index (κ1) is 14.3. The highest BCUT2D eigenvalue weighted by atomic mass is 16.6. The second-order valence-corrected chi connectivity index (χ2v) is 4.81. The number of nitro groups is 1. The van der Waals surface area contributed by atoms with Crippen molar-refractivity contribution in [2.24, 2.45) is 0 Å². The Morgan fingerprint density at radius 3 is 2.65 bits per heavy atom. The Balaban J connectivity index is 2.41.